The zero-order chi connectivity index (χ0) is 27.1. The van der Waals surface area contributed by atoms with E-state index in [1.165, 1.54) is 33.4 Å². The van der Waals surface area contributed by atoms with Gasteiger partial charge in [-0.1, -0.05) is 124 Å². The molecule has 3 unspecified atom stereocenters. The second kappa shape index (κ2) is 12.5. The molecule has 0 aliphatic rings. The third-order valence-corrected chi connectivity index (χ3v) is 7.79. The lowest BCUT2D eigenvalue weighted by Gasteiger charge is -2.33. The highest BCUT2D eigenvalue weighted by atomic mass is 16.5. The monoisotopic (exact) mass is 506 g/mol. The molecule has 4 aromatic rings. The topological polar surface area (TPSA) is 18.5 Å². The van der Waals surface area contributed by atoms with E-state index in [1.807, 2.05) is 0 Å². The van der Waals surface area contributed by atoms with Crippen molar-refractivity contribution in [3.05, 3.63) is 137 Å². The van der Waals surface area contributed by atoms with Gasteiger partial charge in [-0.3, -0.25) is 0 Å². The van der Waals surface area contributed by atoms with Crippen molar-refractivity contribution in [2.24, 2.45) is 0 Å². The Morgan fingerprint density at radius 2 is 0.974 bits per heavy atom. The minimum absolute atomic E-state index is 0.175. The number of hydrogen-bond acceptors (Lipinski definition) is 2. The van der Waals surface area contributed by atoms with E-state index in [2.05, 4.69) is 138 Å². The zero-order valence-corrected chi connectivity index (χ0v) is 23.8. The smallest absolute Gasteiger partial charge is 0.127 e. The maximum absolute atomic E-state index is 7.01. The molecule has 4 rings (SSSR count). The molecule has 0 spiro atoms. The molecule has 0 N–H and O–H groups in total. The van der Waals surface area contributed by atoms with Gasteiger partial charge in [0.05, 0.1) is 0 Å². The van der Waals surface area contributed by atoms with Crippen molar-refractivity contribution in [1.82, 2.24) is 0 Å². The predicted octanol–water partition coefficient (Wildman–Crippen LogP) is 9.34. The minimum atomic E-state index is -0.376. The molecule has 0 radical (unpaired) electrons. The van der Waals surface area contributed by atoms with Crippen molar-refractivity contribution in [2.45, 2.75) is 64.4 Å². The first-order chi connectivity index (χ1) is 18.3. The fourth-order valence-corrected chi connectivity index (χ4v) is 5.16. The van der Waals surface area contributed by atoms with Crippen molar-refractivity contribution < 1.29 is 9.47 Å². The number of benzene rings is 4. The van der Waals surface area contributed by atoms with Crippen LogP contribution in [0, 0.1) is 0 Å². The van der Waals surface area contributed by atoms with E-state index in [4.69, 9.17) is 9.47 Å². The highest BCUT2D eigenvalue weighted by Gasteiger charge is 2.29. The van der Waals surface area contributed by atoms with Crippen LogP contribution in [-0.2, 0) is 4.74 Å². The molecular weight excluding hydrogens is 464 g/mol. The maximum Gasteiger partial charge on any atom is 0.127 e. The summed E-state index contributed by atoms with van der Waals surface area (Å²) in [5, 5.41) is 0. The van der Waals surface area contributed by atoms with Gasteiger partial charge in [-0.05, 0) is 36.1 Å². The summed E-state index contributed by atoms with van der Waals surface area (Å²) in [6.07, 6.45) is 0.810. The highest BCUT2D eigenvalue weighted by Crippen LogP contribution is 2.44. The molecule has 0 aliphatic heterocycles. The van der Waals surface area contributed by atoms with Gasteiger partial charge in [-0.15, -0.1) is 0 Å². The van der Waals surface area contributed by atoms with Crippen LogP contribution in [0.4, 0.5) is 0 Å². The summed E-state index contributed by atoms with van der Waals surface area (Å²) in [5.74, 6) is 1.61. The molecule has 0 heterocycles. The van der Waals surface area contributed by atoms with Gasteiger partial charge in [-0.2, -0.15) is 0 Å². The second-order valence-electron chi connectivity index (χ2n) is 11.0. The van der Waals surface area contributed by atoms with Crippen LogP contribution in [0.15, 0.2) is 103 Å². The van der Waals surface area contributed by atoms with Crippen molar-refractivity contribution in [3.63, 3.8) is 0 Å². The summed E-state index contributed by atoms with van der Waals surface area (Å²) in [7, 11) is 1.75. The Kier molecular flexibility index (Phi) is 9.07. The van der Waals surface area contributed by atoms with E-state index in [9.17, 15) is 0 Å². The summed E-state index contributed by atoms with van der Waals surface area (Å²) in [6.45, 7) is 11.9. The molecule has 0 fully saturated rings. The Morgan fingerprint density at radius 1 is 0.579 bits per heavy atom. The summed E-state index contributed by atoms with van der Waals surface area (Å²) >= 11 is 0. The predicted molar refractivity (Wildman–Crippen MR) is 160 cm³/mol. The molecule has 198 valence electrons. The van der Waals surface area contributed by atoms with Crippen LogP contribution in [0.5, 0.6) is 5.75 Å². The summed E-state index contributed by atoms with van der Waals surface area (Å²) in [6, 6.07) is 37.1. The number of hydrogen-bond donors (Lipinski definition) is 0. The Hall–Kier alpha value is -3.36. The number of ether oxygens (including phenoxy) is 2. The van der Waals surface area contributed by atoms with E-state index in [0.717, 1.165) is 12.2 Å². The van der Waals surface area contributed by atoms with Crippen LogP contribution < -0.4 is 4.74 Å². The first-order valence-corrected chi connectivity index (χ1v) is 13.8. The molecule has 0 amide bonds. The van der Waals surface area contributed by atoms with Gasteiger partial charge in [0.15, 0.2) is 0 Å². The Bertz CT molecular complexity index is 1210. The van der Waals surface area contributed by atoms with Crippen molar-refractivity contribution >= 4 is 0 Å². The summed E-state index contributed by atoms with van der Waals surface area (Å²) in [4.78, 5) is 0. The van der Waals surface area contributed by atoms with E-state index in [-0.39, 0.29) is 23.4 Å². The van der Waals surface area contributed by atoms with Crippen LogP contribution in [0.2, 0.25) is 0 Å². The van der Waals surface area contributed by atoms with Gasteiger partial charge < -0.3 is 9.47 Å². The summed E-state index contributed by atoms with van der Waals surface area (Å²) in [5.41, 5.74) is 7.30. The van der Waals surface area contributed by atoms with Gasteiger partial charge >= 0.3 is 0 Å². The van der Waals surface area contributed by atoms with Crippen LogP contribution in [0.1, 0.15) is 92.2 Å². The van der Waals surface area contributed by atoms with Crippen LogP contribution in [0.3, 0.4) is 0 Å². The normalized spacial score (nSPS) is 14.1. The molecular formula is C36H42O2. The molecule has 0 bridgehead atoms. The third kappa shape index (κ3) is 6.55. The first-order valence-electron chi connectivity index (χ1n) is 13.8. The molecule has 4 aromatic carbocycles. The van der Waals surface area contributed by atoms with Crippen LogP contribution in [-0.4, -0.2) is 19.3 Å². The molecule has 2 nitrogen and oxygen atoms in total. The Balaban J connectivity index is 1.94. The standard InChI is InChI=1S/C36H42O2/c1-26(29-16-10-7-11-17-29)32-24-33(27(2)30-18-12-8-13-19-30)35(38-36(4,5)22-23-37-6)34(25-32)28(3)31-20-14-9-15-21-31/h7-21,24-28H,22-23H2,1-6H3. The third-order valence-electron chi connectivity index (χ3n) is 7.79. The summed E-state index contributed by atoms with van der Waals surface area (Å²) < 4.78 is 12.4. The van der Waals surface area contributed by atoms with Gasteiger partial charge in [0.25, 0.3) is 0 Å². The lowest BCUT2D eigenvalue weighted by molar-refractivity contribution is 0.0610. The maximum atomic E-state index is 7.01. The fourth-order valence-electron chi connectivity index (χ4n) is 5.16. The lowest BCUT2D eigenvalue weighted by Crippen LogP contribution is -2.31. The number of methoxy groups -OCH3 is 1. The van der Waals surface area contributed by atoms with Crippen molar-refractivity contribution in [1.29, 1.82) is 0 Å². The van der Waals surface area contributed by atoms with Crippen molar-refractivity contribution in [2.75, 3.05) is 13.7 Å². The van der Waals surface area contributed by atoms with Crippen molar-refractivity contribution in [3.8, 4) is 5.75 Å². The molecule has 0 aliphatic carbocycles. The minimum Gasteiger partial charge on any atom is -0.487 e. The molecule has 0 aromatic heterocycles. The van der Waals surface area contributed by atoms with E-state index in [1.54, 1.807) is 7.11 Å². The highest BCUT2D eigenvalue weighted by molar-refractivity contribution is 5.54. The average molecular weight is 507 g/mol. The fraction of sp³-hybridized carbons (Fsp3) is 0.333. The van der Waals surface area contributed by atoms with E-state index >= 15 is 0 Å². The van der Waals surface area contributed by atoms with Crippen LogP contribution >= 0.6 is 0 Å². The van der Waals surface area contributed by atoms with Gasteiger partial charge in [0, 0.05) is 49.0 Å². The quantitative estimate of drug-likeness (QED) is 0.202. The Morgan fingerprint density at radius 3 is 1.37 bits per heavy atom. The van der Waals surface area contributed by atoms with Gasteiger partial charge in [-0.25, -0.2) is 0 Å². The van der Waals surface area contributed by atoms with Crippen LogP contribution in [0.25, 0.3) is 0 Å². The largest absolute Gasteiger partial charge is 0.487 e. The average Bonchev–Trinajstić information content (AvgIpc) is 2.96. The molecule has 2 heteroatoms. The molecule has 0 saturated carbocycles. The molecule has 0 saturated heterocycles. The van der Waals surface area contributed by atoms with E-state index in [0.29, 0.717) is 6.61 Å². The second-order valence-corrected chi connectivity index (χ2v) is 11.0. The van der Waals surface area contributed by atoms with Gasteiger partial charge in [0.1, 0.15) is 11.4 Å². The number of rotatable bonds is 11. The van der Waals surface area contributed by atoms with Gasteiger partial charge in [0.2, 0.25) is 0 Å². The molecule has 38 heavy (non-hydrogen) atoms. The zero-order valence-electron chi connectivity index (χ0n) is 23.8. The SMILES string of the molecule is COCCC(C)(C)Oc1c(C(C)c2ccccc2)cc(C(C)c2ccccc2)cc1C(C)c1ccccc1. The van der Waals surface area contributed by atoms with E-state index < -0.39 is 0 Å². The molecule has 3 atom stereocenters. The first kappa shape index (κ1) is 27.7. The lowest BCUT2D eigenvalue weighted by atomic mass is 9.81. The Labute approximate surface area is 229 Å².